The lowest BCUT2D eigenvalue weighted by Crippen LogP contribution is -2.44. The molecule has 2 heterocycles. The van der Waals surface area contributed by atoms with Crippen LogP contribution < -0.4 is 5.32 Å². The molecule has 2 aliphatic rings. The zero-order chi connectivity index (χ0) is 16.3. The van der Waals surface area contributed by atoms with Crippen molar-refractivity contribution in [2.75, 3.05) is 19.6 Å². The Hall–Kier alpha value is -1.46. The average Bonchev–Trinajstić information content (AvgIpc) is 2.91. The topological polar surface area (TPSA) is 41.6 Å². The van der Waals surface area contributed by atoms with Gasteiger partial charge in [-0.1, -0.05) is 12.1 Å². The monoisotopic (exact) mass is 320 g/mol. The van der Waals surface area contributed by atoms with Crippen LogP contribution in [0.2, 0.25) is 0 Å². The number of carbonyl (C=O) groups is 1. The summed E-state index contributed by atoms with van der Waals surface area (Å²) < 4.78 is 19.5. The van der Waals surface area contributed by atoms with E-state index < -0.39 is 0 Å². The third-order valence-corrected chi connectivity index (χ3v) is 4.98. The number of likely N-dealkylation sites (tertiary alicyclic amines) is 1. The molecular formula is C18H25FN2O2. The molecule has 1 spiro atoms. The number of amides is 1. The summed E-state index contributed by atoms with van der Waals surface area (Å²) in [7, 11) is 0. The second kappa shape index (κ2) is 6.97. The first kappa shape index (κ1) is 16.4. The van der Waals surface area contributed by atoms with Crippen molar-refractivity contribution < 1.29 is 13.9 Å². The largest absolute Gasteiger partial charge is 0.370 e. The number of nitrogens with zero attached hydrogens (tertiary/aromatic N) is 1. The first-order chi connectivity index (χ1) is 11.0. The maximum absolute atomic E-state index is 13.3. The number of hydrogen-bond acceptors (Lipinski definition) is 3. The van der Waals surface area contributed by atoms with E-state index in [1.165, 1.54) is 13.0 Å². The second-order valence-electron chi connectivity index (χ2n) is 6.80. The highest BCUT2D eigenvalue weighted by molar-refractivity contribution is 5.72. The lowest BCUT2D eigenvalue weighted by molar-refractivity contribution is -0.120. The van der Waals surface area contributed by atoms with Gasteiger partial charge in [0.1, 0.15) is 5.82 Å². The normalized spacial score (nSPS) is 24.0. The van der Waals surface area contributed by atoms with Gasteiger partial charge in [-0.3, -0.25) is 9.69 Å². The zero-order valence-electron chi connectivity index (χ0n) is 13.7. The number of ether oxygens (including phenoxy) is 1. The van der Waals surface area contributed by atoms with E-state index in [1.54, 1.807) is 12.1 Å². The van der Waals surface area contributed by atoms with Crippen LogP contribution in [-0.2, 0) is 16.1 Å². The molecule has 1 aromatic rings. The standard InChI is InChI=1S/C18H25FN2O2/c1-14(22)20-12-17-5-6-18(23-17)7-9-21(10-8-18)13-15-3-2-4-16(19)11-15/h2-4,11,17H,5-10,12-13H2,1H3,(H,20,22). The molecule has 0 radical (unpaired) electrons. The molecule has 1 atom stereocenters. The maximum atomic E-state index is 13.3. The Morgan fingerprint density at radius 1 is 1.39 bits per heavy atom. The molecule has 1 amide bonds. The Morgan fingerprint density at radius 3 is 2.87 bits per heavy atom. The number of halogens is 1. The fourth-order valence-electron chi connectivity index (χ4n) is 3.68. The molecule has 23 heavy (non-hydrogen) atoms. The van der Waals surface area contributed by atoms with Crippen LogP contribution in [0, 0.1) is 5.82 Å². The van der Waals surface area contributed by atoms with Gasteiger partial charge in [-0.25, -0.2) is 4.39 Å². The van der Waals surface area contributed by atoms with Crippen LogP contribution in [0.15, 0.2) is 24.3 Å². The summed E-state index contributed by atoms with van der Waals surface area (Å²) in [6, 6.07) is 6.84. The minimum absolute atomic E-state index is 0.000498. The van der Waals surface area contributed by atoms with Crippen molar-refractivity contribution in [3.63, 3.8) is 0 Å². The first-order valence-corrected chi connectivity index (χ1v) is 8.44. The molecule has 3 rings (SSSR count). The summed E-state index contributed by atoms with van der Waals surface area (Å²) in [4.78, 5) is 13.4. The van der Waals surface area contributed by atoms with Crippen LogP contribution in [0.3, 0.4) is 0 Å². The van der Waals surface area contributed by atoms with Crippen molar-refractivity contribution in [2.45, 2.75) is 50.9 Å². The van der Waals surface area contributed by atoms with Crippen molar-refractivity contribution in [1.29, 1.82) is 0 Å². The zero-order valence-corrected chi connectivity index (χ0v) is 13.7. The van der Waals surface area contributed by atoms with Crippen molar-refractivity contribution in [1.82, 2.24) is 10.2 Å². The van der Waals surface area contributed by atoms with Gasteiger partial charge in [-0.05, 0) is 43.4 Å². The van der Waals surface area contributed by atoms with Crippen molar-refractivity contribution >= 4 is 5.91 Å². The van der Waals surface area contributed by atoms with Gasteiger partial charge < -0.3 is 10.1 Å². The SMILES string of the molecule is CC(=O)NCC1CCC2(CCN(Cc3cccc(F)c3)CC2)O1. The summed E-state index contributed by atoms with van der Waals surface area (Å²) in [5.74, 6) is -0.171. The molecule has 0 saturated carbocycles. The van der Waals surface area contributed by atoms with Crippen LogP contribution in [0.4, 0.5) is 4.39 Å². The third-order valence-electron chi connectivity index (χ3n) is 4.98. The maximum Gasteiger partial charge on any atom is 0.216 e. The number of benzene rings is 1. The molecule has 2 aliphatic heterocycles. The number of hydrogen-bond donors (Lipinski definition) is 1. The summed E-state index contributed by atoms with van der Waals surface area (Å²) >= 11 is 0. The van der Waals surface area contributed by atoms with Gasteiger partial charge in [-0.2, -0.15) is 0 Å². The van der Waals surface area contributed by atoms with Crippen LogP contribution in [0.5, 0.6) is 0 Å². The smallest absolute Gasteiger partial charge is 0.216 e. The van der Waals surface area contributed by atoms with Gasteiger partial charge in [-0.15, -0.1) is 0 Å². The van der Waals surface area contributed by atoms with E-state index in [0.717, 1.165) is 50.9 Å². The Kier molecular flexibility index (Phi) is 4.97. The minimum Gasteiger partial charge on any atom is -0.370 e. The molecule has 1 N–H and O–H groups in total. The van der Waals surface area contributed by atoms with E-state index >= 15 is 0 Å². The van der Waals surface area contributed by atoms with E-state index in [1.807, 2.05) is 6.07 Å². The Morgan fingerprint density at radius 2 is 2.17 bits per heavy atom. The van der Waals surface area contributed by atoms with Crippen LogP contribution in [0.25, 0.3) is 0 Å². The predicted molar refractivity (Wildman–Crippen MR) is 86.4 cm³/mol. The molecular weight excluding hydrogens is 295 g/mol. The Labute approximate surface area is 137 Å². The summed E-state index contributed by atoms with van der Waals surface area (Å²) in [5.41, 5.74) is 1.01. The lowest BCUT2D eigenvalue weighted by atomic mass is 9.88. The van der Waals surface area contributed by atoms with E-state index in [4.69, 9.17) is 4.74 Å². The Bertz CT molecular complexity index is 556. The van der Waals surface area contributed by atoms with Gasteiger partial charge in [0.15, 0.2) is 0 Å². The molecule has 4 nitrogen and oxygen atoms in total. The van der Waals surface area contributed by atoms with E-state index in [-0.39, 0.29) is 23.4 Å². The van der Waals surface area contributed by atoms with E-state index in [9.17, 15) is 9.18 Å². The highest BCUT2D eigenvalue weighted by Crippen LogP contribution is 2.38. The average molecular weight is 320 g/mol. The minimum atomic E-state index is -0.170. The molecule has 1 unspecified atom stereocenters. The molecule has 2 saturated heterocycles. The molecule has 2 fully saturated rings. The number of rotatable bonds is 4. The highest BCUT2D eigenvalue weighted by atomic mass is 19.1. The van der Waals surface area contributed by atoms with Crippen molar-refractivity contribution in [3.8, 4) is 0 Å². The highest BCUT2D eigenvalue weighted by Gasteiger charge is 2.42. The summed E-state index contributed by atoms with van der Waals surface area (Å²) in [6.45, 7) is 4.90. The van der Waals surface area contributed by atoms with Gasteiger partial charge in [0.25, 0.3) is 0 Å². The van der Waals surface area contributed by atoms with Crippen molar-refractivity contribution in [3.05, 3.63) is 35.6 Å². The second-order valence-corrected chi connectivity index (χ2v) is 6.80. The summed E-state index contributed by atoms with van der Waals surface area (Å²) in [6.07, 6.45) is 4.26. The van der Waals surface area contributed by atoms with E-state index in [2.05, 4.69) is 10.2 Å². The molecule has 0 bridgehead atoms. The molecule has 0 aliphatic carbocycles. The number of nitrogens with one attached hydrogen (secondary N) is 1. The Balaban J connectivity index is 1.48. The fraction of sp³-hybridized carbons (Fsp3) is 0.611. The fourth-order valence-corrected chi connectivity index (χ4v) is 3.68. The van der Waals surface area contributed by atoms with Crippen LogP contribution >= 0.6 is 0 Å². The predicted octanol–water partition coefficient (Wildman–Crippen LogP) is 2.48. The van der Waals surface area contributed by atoms with Crippen LogP contribution in [-0.4, -0.2) is 42.1 Å². The number of carbonyl (C=O) groups excluding carboxylic acids is 1. The third kappa shape index (κ3) is 4.30. The van der Waals surface area contributed by atoms with Gasteiger partial charge in [0.05, 0.1) is 11.7 Å². The molecule has 126 valence electrons. The first-order valence-electron chi connectivity index (χ1n) is 8.44. The summed E-state index contributed by atoms with van der Waals surface area (Å²) in [5, 5.41) is 2.85. The van der Waals surface area contributed by atoms with Crippen LogP contribution in [0.1, 0.15) is 38.2 Å². The van der Waals surface area contributed by atoms with E-state index in [0.29, 0.717) is 6.54 Å². The van der Waals surface area contributed by atoms with Gasteiger partial charge in [0, 0.05) is 33.1 Å². The molecule has 1 aromatic carbocycles. The lowest BCUT2D eigenvalue weighted by Gasteiger charge is -2.39. The quantitative estimate of drug-likeness (QED) is 0.927. The number of piperidine rings is 1. The van der Waals surface area contributed by atoms with Gasteiger partial charge >= 0.3 is 0 Å². The molecule has 5 heteroatoms. The van der Waals surface area contributed by atoms with Crippen molar-refractivity contribution in [2.24, 2.45) is 0 Å². The molecule has 0 aromatic heterocycles. The van der Waals surface area contributed by atoms with Gasteiger partial charge in [0.2, 0.25) is 5.91 Å².